The van der Waals surface area contributed by atoms with Crippen LogP contribution in [-0.4, -0.2) is 0 Å². The zero-order chi connectivity index (χ0) is 11.4. The van der Waals surface area contributed by atoms with Gasteiger partial charge in [-0.3, -0.25) is 11.3 Å². The molecule has 1 aliphatic rings. The first-order valence-corrected chi connectivity index (χ1v) is 7.69. The number of hydrazine groups is 1. The highest BCUT2D eigenvalue weighted by molar-refractivity contribution is 9.10. The lowest BCUT2D eigenvalue weighted by Crippen LogP contribution is -2.33. The van der Waals surface area contributed by atoms with Crippen molar-refractivity contribution in [1.29, 1.82) is 0 Å². The zero-order valence-electron chi connectivity index (χ0n) is 9.42. The van der Waals surface area contributed by atoms with E-state index >= 15 is 0 Å². The number of rotatable bonds is 3. The number of nitrogens with one attached hydrogen (secondary N) is 1. The second kappa shape index (κ2) is 6.15. The number of halogens is 1. The highest BCUT2D eigenvalue weighted by Crippen LogP contribution is 2.38. The summed E-state index contributed by atoms with van der Waals surface area (Å²) in [5.74, 6) is 6.45. The maximum absolute atomic E-state index is 5.75. The Kier molecular flexibility index (Phi) is 4.82. The summed E-state index contributed by atoms with van der Waals surface area (Å²) in [5.41, 5.74) is 3.02. The molecule has 90 valence electrons. The molecule has 1 unspecified atom stereocenters. The standard InChI is InChI=1S/C12H19BrN2S/c13-10-7-8-16-12(10)11(15-14)9-5-3-1-2-4-6-9/h7-9,11,15H,1-6,14H2. The Balaban J connectivity index is 2.12. The Hall–Kier alpha value is 0.100. The number of hydrogen-bond donors (Lipinski definition) is 2. The van der Waals surface area contributed by atoms with Crippen molar-refractivity contribution in [1.82, 2.24) is 5.43 Å². The highest BCUT2D eigenvalue weighted by atomic mass is 79.9. The van der Waals surface area contributed by atoms with Gasteiger partial charge in [-0.15, -0.1) is 11.3 Å². The topological polar surface area (TPSA) is 38.0 Å². The second-order valence-electron chi connectivity index (χ2n) is 4.53. The fraction of sp³-hybridized carbons (Fsp3) is 0.667. The summed E-state index contributed by atoms with van der Waals surface area (Å²) in [4.78, 5) is 1.36. The van der Waals surface area contributed by atoms with E-state index < -0.39 is 0 Å². The van der Waals surface area contributed by atoms with Crippen LogP contribution in [-0.2, 0) is 0 Å². The van der Waals surface area contributed by atoms with Gasteiger partial charge in [0.25, 0.3) is 0 Å². The first kappa shape index (κ1) is 12.6. The Morgan fingerprint density at radius 3 is 2.50 bits per heavy atom. The molecule has 1 saturated carbocycles. The molecule has 0 radical (unpaired) electrons. The third-order valence-corrected chi connectivity index (χ3v) is 5.43. The lowest BCUT2D eigenvalue weighted by atomic mass is 9.91. The van der Waals surface area contributed by atoms with Gasteiger partial charge in [-0.25, -0.2) is 0 Å². The molecule has 0 spiro atoms. The normalized spacial score (nSPS) is 20.6. The van der Waals surface area contributed by atoms with E-state index in [1.807, 2.05) is 0 Å². The van der Waals surface area contributed by atoms with E-state index in [9.17, 15) is 0 Å². The van der Waals surface area contributed by atoms with Gasteiger partial charge in [0.05, 0.1) is 6.04 Å². The van der Waals surface area contributed by atoms with Gasteiger partial charge in [-0.2, -0.15) is 0 Å². The van der Waals surface area contributed by atoms with Crippen LogP contribution in [0.4, 0.5) is 0 Å². The van der Waals surface area contributed by atoms with E-state index in [1.54, 1.807) is 11.3 Å². The van der Waals surface area contributed by atoms with Gasteiger partial charge in [-0.1, -0.05) is 25.7 Å². The molecule has 0 saturated heterocycles. The lowest BCUT2D eigenvalue weighted by molar-refractivity contribution is 0.332. The minimum Gasteiger partial charge on any atom is -0.271 e. The van der Waals surface area contributed by atoms with E-state index in [-0.39, 0.29) is 0 Å². The maximum Gasteiger partial charge on any atom is 0.0592 e. The molecule has 16 heavy (non-hydrogen) atoms. The minimum atomic E-state index is 0.326. The number of hydrogen-bond acceptors (Lipinski definition) is 3. The van der Waals surface area contributed by atoms with Crippen LogP contribution >= 0.6 is 27.3 Å². The van der Waals surface area contributed by atoms with E-state index in [0.29, 0.717) is 12.0 Å². The summed E-state index contributed by atoms with van der Waals surface area (Å²) in [6, 6.07) is 2.44. The van der Waals surface area contributed by atoms with Gasteiger partial charge in [0.15, 0.2) is 0 Å². The monoisotopic (exact) mass is 302 g/mol. The summed E-state index contributed by atoms with van der Waals surface area (Å²) >= 11 is 5.40. The molecule has 0 aliphatic heterocycles. The van der Waals surface area contributed by atoms with Gasteiger partial charge in [0.2, 0.25) is 0 Å². The number of nitrogens with two attached hydrogens (primary N) is 1. The van der Waals surface area contributed by atoms with Crippen LogP contribution in [0, 0.1) is 5.92 Å². The molecule has 1 aromatic rings. The average Bonchev–Trinajstić information content (AvgIpc) is 2.57. The molecule has 3 N–H and O–H groups in total. The third kappa shape index (κ3) is 2.86. The Morgan fingerprint density at radius 1 is 1.31 bits per heavy atom. The fourth-order valence-electron chi connectivity index (χ4n) is 2.60. The van der Waals surface area contributed by atoms with Crippen LogP contribution in [0.5, 0.6) is 0 Å². The number of thiophene rings is 1. The SMILES string of the molecule is NNC(c1sccc1Br)C1CCCCCC1. The van der Waals surface area contributed by atoms with Crippen LogP contribution in [0.3, 0.4) is 0 Å². The maximum atomic E-state index is 5.75. The van der Waals surface area contributed by atoms with Gasteiger partial charge in [0, 0.05) is 9.35 Å². The molecular formula is C12H19BrN2S. The molecule has 2 nitrogen and oxygen atoms in total. The smallest absolute Gasteiger partial charge is 0.0592 e. The molecule has 1 atom stereocenters. The van der Waals surface area contributed by atoms with Crippen molar-refractivity contribution in [3.63, 3.8) is 0 Å². The molecule has 1 aliphatic carbocycles. The summed E-state index contributed by atoms with van der Waals surface area (Å²) in [5, 5.41) is 2.13. The van der Waals surface area contributed by atoms with Gasteiger partial charge < -0.3 is 0 Å². The molecule has 0 bridgehead atoms. The van der Waals surface area contributed by atoms with E-state index in [2.05, 4.69) is 32.8 Å². The van der Waals surface area contributed by atoms with Crippen LogP contribution in [0.1, 0.15) is 49.4 Å². The lowest BCUT2D eigenvalue weighted by Gasteiger charge is -2.25. The van der Waals surface area contributed by atoms with Crippen molar-refractivity contribution >= 4 is 27.3 Å². The Bertz CT molecular complexity index is 319. The van der Waals surface area contributed by atoms with E-state index in [0.717, 1.165) is 0 Å². The third-order valence-electron chi connectivity index (χ3n) is 3.48. The second-order valence-corrected chi connectivity index (χ2v) is 6.33. The Labute approximate surface area is 110 Å². The molecule has 1 aromatic heterocycles. The molecule has 1 fully saturated rings. The highest BCUT2D eigenvalue weighted by Gasteiger charge is 2.25. The van der Waals surface area contributed by atoms with Crippen molar-refractivity contribution in [3.8, 4) is 0 Å². The first-order valence-electron chi connectivity index (χ1n) is 6.02. The molecular weight excluding hydrogens is 284 g/mol. The van der Waals surface area contributed by atoms with E-state index in [4.69, 9.17) is 5.84 Å². The van der Waals surface area contributed by atoms with Gasteiger partial charge >= 0.3 is 0 Å². The van der Waals surface area contributed by atoms with Crippen molar-refractivity contribution < 1.29 is 0 Å². The largest absolute Gasteiger partial charge is 0.271 e. The van der Waals surface area contributed by atoms with Crippen molar-refractivity contribution in [3.05, 3.63) is 20.8 Å². The quantitative estimate of drug-likeness (QED) is 0.503. The zero-order valence-corrected chi connectivity index (χ0v) is 11.8. The van der Waals surface area contributed by atoms with E-state index in [1.165, 1.54) is 47.9 Å². The van der Waals surface area contributed by atoms with Crippen molar-refractivity contribution in [2.45, 2.75) is 44.6 Å². The molecule has 1 heterocycles. The molecule has 2 rings (SSSR count). The van der Waals surface area contributed by atoms with Crippen LogP contribution in [0.2, 0.25) is 0 Å². The van der Waals surface area contributed by atoms with Crippen molar-refractivity contribution in [2.75, 3.05) is 0 Å². The summed E-state index contributed by atoms with van der Waals surface area (Å²) in [6.45, 7) is 0. The predicted octanol–water partition coefficient (Wildman–Crippen LogP) is 3.99. The van der Waals surface area contributed by atoms with Crippen LogP contribution in [0.15, 0.2) is 15.9 Å². The van der Waals surface area contributed by atoms with Crippen molar-refractivity contribution in [2.24, 2.45) is 11.8 Å². The fourth-order valence-corrected chi connectivity index (χ4v) is 4.37. The molecule has 0 amide bonds. The first-order chi connectivity index (χ1) is 7.83. The summed E-state index contributed by atoms with van der Waals surface area (Å²) < 4.78 is 1.20. The minimum absolute atomic E-state index is 0.326. The van der Waals surface area contributed by atoms with Crippen LogP contribution in [0.25, 0.3) is 0 Å². The Morgan fingerprint density at radius 2 is 2.00 bits per heavy atom. The average molecular weight is 303 g/mol. The predicted molar refractivity (Wildman–Crippen MR) is 73.3 cm³/mol. The van der Waals surface area contributed by atoms with Crippen LogP contribution < -0.4 is 11.3 Å². The molecule has 4 heteroatoms. The summed E-state index contributed by atoms with van der Waals surface area (Å²) in [6.07, 6.45) is 8.09. The van der Waals surface area contributed by atoms with Gasteiger partial charge in [-0.05, 0) is 46.1 Å². The molecule has 0 aromatic carbocycles. The summed E-state index contributed by atoms with van der Waals surface area (Å²) in [7, 11) is 0. The van der Waals surface area contributed by atoms with Gasteiger partial charge in [0.1, 0.15) is 0 Å².